The molecular formula is C23H29N3O3. The molecule has 0 spiro atoms. The van der Waals surface area contributed by atoms with Crippen LogP contribution in [0.4, 0.5) is 5.69 Å². The molecule has 1 saturated heterocycles. The van der Waals surface area contributed by atoms with Crippen LogP contribution >= 0.6 is 0 Å². The molecule has 0 saturated carbocycles. The number of hydrogen-bond acceptors (Lipinski definition) is 4. The number of piperidine rings is 1. The van der Waals surface area contributed by atoms with E-state index in [9.17, 15) is 9.59 Å². The van der Waals surface area contributed by atoms with Crippen LogP contribution in [0, 0.1) is 0 Å². The Morgan fingerprint density at radius 3 is 2.41 bits per heavy atom. The normalized spacial score (nSPS) is 14.9. The summed E-state index contributed by atoms with van der Waals surface area (Å²) in [7, 11) is 1.65. The number of ether oxygens (including phenoxy) is 1. The first kappa shape index (κ1) is 20.9. The summed E-state index contributed by atoms with van der Waals surface area (Å²) in [5, 5.41) is 6.05. The molecule has 0 bridgehead atoms. The number of anilines is 1. The fourth-order valence-electron chi connectivity index (χ4n) is 3.62. The molecule has 1 aliphatic heterocycles. The second-order valence-corrected chi connectivity index (χ2v) is 7.34. The summed E-state index contributed by atoms with van der Waals surface area (Å²) in [5.74, 6) is 0.883. The maximum absolute atomic E-state index is 12.3. The standard InChI is InChI=1S/C23H29N3O3/c1-29-21-10-6-5-7-18(21)11-12-22(27)24-20-13-15-26(16-14-20)17-23(28)25-19-8-3-2-4-9-19/h2-10,20H,11-17H2,1H3,(H,24,27)(H,25,28). The van der Waals surface area contributed by atoms with Crippen LogP contribution in [0.2, 0.25) is 0 Å². The van der Waals surface area contributed by atoms with Crippen molar-refractivity contribution in [1.82, 2.24) is 10.2 Å². The first-order valence-electron chi connectivity index (χ1n) is 10.1. The van der Waals surface area contributed by atoms with E-state index in [-0.39, 0.29) is 17.9 Å². The van der Waals surface area contributed by atoms with Gasteiger partial charge in [-0.15, -0.1) is 0 Å². The number of likely N-dealkylation sites (tertiary alicyclic amines) is 1. The van der Waals surface area contributed by atoms with E-state index in [1.807, 2.05) is 54.6 Å². The summed E-state index contributed by atoms with van der Waals surface area (Å²) in [6.45, 7) is 1.99. The van der Waals surface area contributed by atoms with Gasteiger partial charge < -0.3 is 15.4 Å². The van der Waals surface area contributed by atoms with Crippen molar-refractivity contribution in [2.45, 2.75) is 31.7 Å². The molecule has 1 aliphatic rings. The summed E-state index contributed by atoms with van der Waals surface area (Å²) in [5.41, 5.74) is 1.86. The molecular weight excluding hydrogens is 366 g/mol. The van der Waals surface area contributed by atoms with E-state index < -0.39 is 0 Å². The lowest BCUT2D eigenvalue weighted by Crippen LogP contribution is -2.46. The lowest BCUT2D eigenvalue weighted by Gasteiger charge is -2.31. The van der Waals surface area contributed by atoms with E-state index >= 15 is 0 Å². The number of methoxy groups -OCH3 is 1. The van der Waals surface area contributed by atoms with Gasteiger partial charge in [0.1, 0.15) is 5.75 Å². The third-order valence-corrected chi connectivity index (χ3v) is 5.19. The summed E-state index contributed by atoms with van der Waals surface area (Å²) < 4.78 is 5.34. The zero-order chi connectivity index (χ0) is 20.5. The monoisotopic (exact) mass is 395 g/mol. The smallest absolute Gasteiger partial charge is 0.238 e. The molecule has 3 rings (SSSR count). The van der Waals surface area contributed by atoms with Crippen LogP contribution < -0.4 is 15.4 Å². The molecule has 2 aromatic carbocycles. The van der Waals surface area contributed by atoms with E-state index in [0.29, 0.717) is 19.4 Å². The Balaban J connectivity index is 1.36. The number of hydrogen-bond donors (Lipinski definition) is 2. The van der Waals surface area contributed by atoms with Crippen molar-refractivity contribution in [3.05, 3.63) is 60.2 Å². The Morgan fingerprint density at radius 2 is 1.69 bits per heavy atom. The first-order chi connectivity index (χ1) is 14.1. The molecule has 1 fully saturated rings. The Bertz CT molecular complexity index is 802. The number of para-hydroxylation sites is 2. The van der Waals surface area contributed by atoms with Gasteiger partial charge in [-0.3, -0.25) is 14.5 Å². The highest BCUT2D eigenvalue weighted by Crippen LogP contribution is 2.19. The maximum Gasteiger partial charge on any atom is 0.238 e. The van der Waals surface area contributed by atoms with Gasteiger partial charge in [0, 0.05) is 31.2 Å². The summed E-state index contributed by atoms with van der Waals surface area (Å²) in [4.78, 5) is 26.6. The minimum atomic E-state index is -0.00417. The van der Waals surface area contributed by atoms with Crippen molar-refractivity contribution in [2.24, 2.45) is 0 Å². The van der Waals surface area contributed by atoms with Crippen molar-refractivity contribution in [2.75, 3.05) is 32.1 Å². The van der Waals surface area contributed by atoms with E-state index in [4.69, 9.17) is 4.74 Å². The molecule has 6 nitrogen and oxygen atoms in total. The van der Waals surface area contributed by atoms with E-state index in [2.05, 4.69) is 15.5 Å². The summed E-state index contributed by atoms with van der Waals surface area (Å²) in [6, 6.07) is 17.4. The van der Waals surface area contributed by atoms with Crippen molar-refractivity contribution < 1.29 is 14.3 Å². The molecule has 0 radical (unpaired) electrons. The number of carbonyl (C=O) groups excluding carboxylic acids is 2. The van der Waals surface area contributed by atoms with E-state index in [0.717, 1.165) is 42.9 Å². The average Bonchev–Trinajstić information content (AvgIpc) is 2.74. The highest BCUT2D eigenvalue weighted by Gasteiger charge is 2.22. The topological polar surface area (TPSA) is 70.7 Å². The largest absolute Gasteiger partial charge is 0.496 e. The van der Waals surface area contributed by atoms with Crippen molar-refractivity contribution in [1.29, 1.82) is 0 Å². The summed E-state index contributed by atoms with van der Waals surface area (Å²) in [6.07, 6.45) is 2.83. The molecule has 0 aliphatic carbocycles. The molecule has 2 aromatic rings. The van der Waals surface area contributed by atoms with Gasteiger partial charge in [0.25, 0.3) is 0 Å². The number of nitrogens with one attached hydrogen (secondary N) is 2. The summed E-state index contributed by atoms with van der Waals surface area (Å²) >= 11 is 0. The second-order valence-electron chi connectivity index (χ2n) is 7.34. The van der Waals surface area contributed by atoms with Gasteiger partial charge in [0.05, 0.1) is 13.7 Å². The van der Waals surface area contributed by atoms with Gasteiger partial charge in [0.2, 0.25) is 11.8 Å². The zero-order valence-corrected chi connectivity index (χ0v) is 16.9. The number of amides is 2. The van der Waals surface area contributed by atoms with Gasteiger partial charge in [0.15, 0.2) is 0 Å². The molecule has 0 unspecified atom stereocenters. The van der Waals surface area contributed by atoms with Crippen LogP contribution in [0.15, 0.2) is 54.6 Å². The third kappa shape index (κ3) is 6.61. The zero-order valence-electron chi connectivity index (χ0n) is 16.9. The molecule has 154 valence electrons. The van der Waals surface area contributed by atoms with Crippen molar-refractivity contribution in [3.8, 4) is 5.75 Å². The third-order valence-electron chi connectivity index (χ3n) is 5.19. The molecule has 2 amide bonds. The van der Waals surface area contributed by atoms with Crippen LogP contribution in [-0.4, -0.2) is 49.5 Å². The number of aryl methyl sites for hydroxylation is 1. The number of carbonyl (C=O) groups is 2. The average molecular weight is 396 g/mol. The number of nitrogens with zero attached hydrogens (tertiary/aromatic N) is 1. The minimum Gasteiger partial charge on any atom is -0.496 e. The number of rotatable bonds is 8. The quantitative estimate of drug-likeness (QED) is 0.721. The van der Waals surface area contributed by atoms with Crippen molar-refractivity contribution in [3.63, 3.8) is 0 Å². The molecule has 2 N–H and O–H groups in total. The first-order valence-corrected chi connectivity index (χ1v) is 10.1. The van der Waals surface area contributed by atoms with Crippen LogP contribution in [0.5, 0.6) is 5.75 Å². The predicted molar refractivity (Wildman–Crippen MR) is 114 cm³/mol. The fraction of sp³-hybridized carbons (Fsp3) is 0.391. The molecule has 0 atom stereocenters. The van der Waals surface area contributed by atoms with E-state index in [1.165, 1.54) is 0 Å². The Morgan fingerprint density at radius 1 is 1.00 bits per heavy atom. The molecule has 0 aromatic heterocycles. The second kappa shape index (κ2) is 10.6. The Hall–Kier alpha value is -2.86. The van der Waals surface area contributed by atoms with Gasteiger partial charge in [-0.25, -0.2) is 0 Å². The Kier molecular flexibility index (Phi) is 7.64. The highest BCUT2D eigenvalue weighted by atomic mass is 16.5. The molecule has 1 heterocycles. The lowest BCUT2D eigenvalue weighted by atomic mass is 10.0. The van der Waals surface area contributed by atoms with Crippen LogP contribution in [0.1, 0.15) is 24.8 Å². The Labute approximate surface area is 172 Å². The van der Waals surface area contributed by atoms with Gasteiger partial charge in [-0.05, 0) is 43.0 Å². The maximum atomic E-state index is 12.3. The highest BCUT2D eigenvalue weighted by molar-refractivity contribution is 5.92. The fourth-order valence-corrected chi connectivity index (χ4v) is 3.62. The van der Waals surface area contributed by atoms with Gasteiger partial charge in [-0.1, -0.05) is 36.4 Å². The van der Waals surface area contributed by atoms with Crippen LogP contribution in [0.25, 0.3) is 0 Å². The number of benzene rings is 2. The SMILES string of the molecule is COc1ccccc1CCC(=O)NC1CCN(CC(=O)Nc2ccccc2)CC1. The van der Waals surface area contributed by atoms with Crippen LogP contribution in [-0.2, 0) is 16.0 Å². The van der Waals surface area contributed by atoms with Crippen molar-refractivity contribution >= 4 is 17.5 Å². The van der Waals surface area contributed by atoms with Gasteiger partial charge in [-0.2, -0.15) is 0 Å². The predicted octanol–water partition coefficient (Wildman–Crippen LogP) is 2.85. The molecule has 6 heteroatoms. The molecule has 29 heavy (non-hydrogen) atoms. The van der Waals surface area contributed by atoms with E-state index in [1.54, 1.807) is 7.11 Å². The lowest BCUT2D eigenvalue weighted by molar-refractivity contribution is -0.122. The minimum absolute atomic E-state index is 0.00417. The van der Waals surface area contributed by atoms with Crippen LogP contribution in [0.3, 0.4) is 0 Å². The van der Waals surface area contributed by atoms with Gasteiger partial charge >= 0.3 is 0 Å².